The Hall–Kier alpha value is -3.26. The molecule has 0 bridgehead atoms. The summed E-state index contributed by atoms with van der Waals surface area (Å²) in [6.07, 6.45) is 3.08. The van der Waals surface area contributed by atoms with Crippen LogP contribution in [0.25, 0.3) is 0 Å². The van der Waals surface area contributed by atoms with Gasteiger partial charge in [0.2, 0.25) is 0 Å². The number of hydrogen-bond acceptors (Lipinski definition) is 5. The quantitative estimate of drug-likeness (QED) is 0.313. The Bertz CT molecular complexity index is 1130. The summed E-state index contributed by atoms with van der Waals surface area (Å²) >= 11 is 0. The molecule has 206 valence electrons. The Labute approximate surface area is 225 Å². The van der Waals surface area contributed by atoms with Gasteiger partial charge in [0.05, 0.1) is 32.5 Å². The number of nitrogens with zero attached hydrogens (tertiary/aromatic N) is 1. The minimum Gasteiger partial charge on any atom is -0.493 e. The van der Waals surface area contributed by atoms with E-state index in [1.54, 1.807) is 4.90 Å². The first-order valence-corrected chi connectivity index (χ1v) is 13.7. The van der Waals surface area contributed by atoms with Crippen molar-refractivity contribution in [2.24, 2.45) is 0 Å². The largest absolute Gasteiger partial charge is 0.493 e. The molecule has 0 saturated heterocycles. The molecule has 0 spiro atoms. The van der Waals surface area contributed by atoms with Gasteiger partial charge in [-0.2, -0.15) is 0 Å². The summed E-state index contributed by atoms with van der Waals surface area (Å²) < 4.78 is 18.1. The van der Waals surface area contributed by atoms with E-state index >= 15 is 0 Å². The van der Waals surface area contributed by atoms with Gasteiger partial charge < -0.3 is 29.5 Å². The van der Waals surface area contributed by atoms with E-state index in [4.69, 9.17) is 14.2 Å². The van der Waals surface area contributed by atoms with Crippen LogP contribution in [0, 0.1) is 6.92 Å². The van der Waals surface area contributed by atoms with E-state index in [1.165, 1.54) is 0 Å². The highest BCUT2D eigenvalue weighted by atomic mass is 16.5. The third-order valence-electron chi connectivity index (χ3n) is 7.42. The molecule has 2 N–H and O–H groups in total. The summed E-state index contributed by atoms with van der Waals surface area (Å²) in [5, 5.41) is 12.4. The Morgan fingerprint density at radius 3 is 2.39 bits per heavy atom. The van der Waals surface area contributed by atoms with Crippen LogP contribution in [0.5, 0.6) is 11.5 Å². The number of rotatable bonds is 14. The first-order valence-electron chi connectivity index (χ1n) is 13.7. The lowest BCUT2D eigenvalue weighted by molar-refractivity contribution is -0.140. The zero-order valence-corrected chi connectivity index (χ0v) is 22.9. The molecule has 2 amide bonds. The molecule has 2 saturated carbocycles. The van der Waals surface area contributed by atoms with Crippen molar-refractivity contribution in [1.82, 2.24) is 10.2 Å². The van der Waals surface area contributed by atoms with Crippen molar-refractivity contribution in [3.8, 4) is 11.5 Å². The highest BCUT2D eigenvalue weighted by Gasteiger charge is 2.52. The van der Waals surface area contributed by atoms with Crippen molar-refractivity contribution in [2.45, 2.75) is 77.5 Å². The van der Waals surface area contributed by atoms with Gasteiger partial charge in [0.15, 0.2) is 0 Å². The van der Waals surface area contributed by atoms with Crippen molar-refractivity contribution in [1.29, 1.82) is 0 Å². The second-order valence-electron chi connectivity index (χ2n) is 10.2. The van der Waals surface area contributed by atoms with Crippen LogP contribution < -0.4 is 14.8 Å². The number of nitrogens with one attached hydrogen (secondary N) is 1. The second kappa shape index (κ2) is 12.1. The van der Waals surface area contributed by atoms with E-state index < -0.39 is 17.5 Å². The van der Waals surface area contributed by atoms with Gasteiger partial charge in [-0.3, -0.25) is 0 Å². The Balaban J connectivity index is 1.61. The van der Waals surface area contributed by atoms with E-state index in [-0.39, 0.29) is 6.04 Å². The molecule has 2 aliphatic rings. The average molecular weight is 525 g/mol. The lowest BCUT2D eigenvalue weighted by Crippen LogP contribution is -2.51. The number of carbonyl (C=O) groups excluding carboxylic acids is 1. The van der Waals surface area contributed by atoms with Crippen LogP contribution in [0.3, 0.4) is 0 Å². The number of carbonyl (C=O) groups is 2. The van der Waals surface area contributed by atoms with Gasteiger partial charge in [0, 0.05) is 12.1 Å². The van der Waals surface area contributed by atoms with Gasteiger partial charge in [-0.05, 0) is 82.1 Å². The minimum absolute atomic E-state index is 0.299. The number of urea groups is 1. The number of amides is 2. The summed E-state index contributed by atoms with van der Waals surface area (Å²) in [5.74, 6) is 1.07. The molecule has 1 atom stereocenters. The highest BCUT2D eigenvalue weighted by molar-refractivity contribution is 5.89. The van der Waals surface area contributed by atoms with E-state index in [1.807, 2.05) is 64.1 Å². The smallest absolute Gasteiger partial charge is 0.329 e. The molecule has 0 radical (unpaired) electrons. The summed E-state index contributed by atoms with van der Waals surface area (Å²) in [6, 6.07) is 11.1. The lowest BCUT2D eigenvalue weighted by Gasteiger charge is -2.33. The van der Waals surface area contributed by atoms with E-state index in [0.717, 1.165) is 46.6 Å². The molecular formula is C30H40N2O6. The Kier molecular flexibility index (Phi) is 8.82. The van der Waals surface area contributed by atoms with Crippen molar-refractivity contribution in [3.05, 3.63) is 58.7 Å². The molecule has 8 heteroatoms. The summed E-state index contributed by atoms with van der Waals surface area (Å²) in [5.41, 5.74) is 2.88. The number of carboxylic acid groups (broad SMARTS) is 1. The lowest BCUT2D eigenvalue weighted by atomic mass is 9.94. The molecule has 2 fully saturated rings. The van der Waals surface area contributed by atoms with Crippen molar-refractivity contribution in [2.75, 3.05) is 26.4 Å². The molecule has 0 aromatic heterocycles. The van der Waals surface area contributed by atoms with Crippen LogP contribution in [-0.4, -0.2) is 53.9 Å². The standard InChI is InChI=1S/C30H40N2O6/c1-5-37-25-18-24(20(3)27(38-6-2)26(25)23-12-13-23)21(4)32(29(35)31-30(14-15-30)28(33)34)16-17-36-19-22-10-8-7-9-11-22/h7-11,18,21,23H,5-6,12-17,19H2,1-4H3,(H,31,35)(H,33,34). The van der Waals surface area contributed by atoms with Gasteiger partial charge >= 0.3 is 12.0 Å². The monoisotopic (exact) mass is 524 g/mol. The molecular weight excluding hydrogens is 484 g/mol. The molecule has 2 aliphatic carbocycles. The van der Waals surface area contributed by atoms with Crippen LogP contribution in [0.2, 0.25) is 0 Å². The first-order chi connectivity index (χ1) is 18.3. The zero-order chi connectivity index (χ0) is 27.3. The predicted octanol–water partition coefficient (Wildman–Crippen LogP) is 5.58. The molecule has 2 aromatic carbocycles. The molecule has 1 unspecified atom stereocenters. The third kappa shape index (κ3) is 6.23. The third-order valence-corrected chi connectivity index (χ3v) is 7.42. The Morgan fingerprint density at radius 1 is 1.13 bits per heavy atom. The first kappa shape index (κ1) is 27.8. The number of ether oxygens (including phenoxy) is 3. The zero-order valence-electron chi connectivity index (χ0n) is 22.9. The molecule has 2 aromatic rings. The number of hydrogen-bond donors (Lipinski definition) is 2. The normalized spacial score (nSPS) is 16.4. The average Bonchev–Trinajstić information content (AvgIpc) is 3.83. The highest BCUT2D eigenvalue weighted by Crippen LogP contribution is 2.51. The topological polar surface area (TPSA) is 97.3 Å². The predicted molar refractivity (Wildman–Crippen MR) is 145 cm³/mol. The molecule has 38 heavy (non-hydrogen) atoms. The number of carboxylic acids is 1. The summed E-state index contributed by atoms with van der Waals surface area (Å²) in [4.78, 5) is 27.0. The molecule has 8 nitrogen and oxygen atoms in total. The summed E-state index contributed by atoms with van der Waals surface area (Å²) in [6.45, 7) is 10.0. The van der Waals surface area contributed by atoms with Crippen molar-refractivity contribution in [3.63, 3.8) is 0 Å². The van der Waals surface area contributed by atoms with Gasteiger partial charge in [0.25, 0.3) is 0 Å². The van der Waals surface area contributed by atoms with Crippen molar-refractivity contribution < 1.29 is 28.9 Å². The van der Waals surface area contributed by atoms with Crippen molar-refractivity contribution >= 4 is 12.0 Å². The van der Waals surface area contributed by atoms with Crippen LogP contribution in [0.4, 0.5) is 4.79 Å². The maximum Gasteiger partial charge on any atom is 0.329 e. The molecule has 0 aliphatic heterocycles. The van der Waals surface area contributed by atoms with E-state index in [2.05, 4.69) is 5.32 Å². The fourth-order valence-corrected chi connectivity index (χ4v) is 4.93. The Morgan fingerprint density at radius 2 is 1.82 bits per heavy atom. The SMILES string of the molecule is CCOc1cc(C(C)N(CCOCc2ccccc2)C(=O)NC2(C(=O)O)CC2)c(C)c(OCC)c1C1CC1. The van der Waals surface area contributed by atoms with Crippen LogP contribution in [0.15, 0.2) is 36.4 Å². The number of aliphatic carboxylic acids is 1. The van der Waals surface area contributed by atoms with E-state index in [9.17, 15) is 14.7 Å². The van der Waals surface area contributed by atoms with Gasteiger partial charge in [-0.25, -0.2) is 9.59 Å². The maximum absolute atomic E-state index is 13.5. The molecule has 0 heterocycles. The molecule has 4 rings (SSSR count). The maximum atomic E-state index is 13.5. The summed E-state index contributed by atoms with van der Waals surface area (Å²) in [7, 11) is 0. The second-order valence-corrected chi connectivity index (χ2v) is 10.2. The van der Waals surface area contributed by atoms with Gasteiger partial charge in [0.1, 0.15) is 17.0 Å². The van der Waals surface area contributed by atoms with Gasteiger partial charge in [-0.1, -0.05) is 30.3 Å². The number of benzene rings is 2. The van der Waals surface area contributed by atoms with Gasteiger partial charge in [-0.15, -0.1) is 0 Å². The van der Waals surface area contributed by atoms with Crippen LogP contribution >= 0.6 is 0 Å². The fourth-order valence-electron chi connectivity index (χ4n) is 4.93. The minimum atomic E-state index is -1.18. The van der Waals surface area contributed by atoms with Crippen LogP contribution in [-0.2, 0) is 16.1 Å². The van der Waals surface area contributed by atoms with E-state index in [0.29, 0.717) is 51.7 Å². The van der Waals surface area contributed by atoms with Crippen LogP contribution in [0.1, 0.15) is 80.7 Å². The fraction of sp³-hybridized carbons (Fsp3) is 0.533.